The van der Waals surface area contributed by atoms with Crippen LogP contribution in [0.15, 0.2) is 41.6 Å². The van der Waals surface area contributed by atoms with Crippen LogP contribution >= 0.6 is 0 Å². The van der Waals surface area contributed by atoms with E-state index < -0.39 is 46.7 Å². The fraction of sp³-hybridized carbons (Fsp3) is 0.522. The lowest BCUT2D eigenvalue weighted by Gasteiger charge is -2.21. The topological polar surface area (TPSA) is 129 Å². The van der Waals surface area contributed by atoms with Crippen molar-refractivity contribution in [3.05, 3.63) is 47.9 Å². The molecule has 11 heteroatoms. The first-order chi connectivity index (χ1) is 16.2. The lowest BCUT2D eigenvalue weighted by molar-refractivity contribution is -0.118. The maximum atomic E-state index is 13.8. The van der Waals surface area contributed by atoms with Gasteiger partial charge in [-0.1, -0.05) is 12.1 Å². The summed E-state index contributed by atoms with van der Waals surface area (Å²) in [6.45, 7) is -0.526. The minimum atomic E-state index is -3.38. The molecular weight excluding hydrogens is 468 g/mol. The van der Waals surface area contributed by atoms with Crippen LogP contribution in [-0.4, -0.2) is 58.7 Å². The summed E-state index contributed by atoms with van der Waals surface area (Å²) in [5, 5.41) is 20.9. The number of carbonyl (C=O) groups excluding carboxylic acids is 1. The van der Waals surface area contributed by atoms with Crippen molar-refractivity contribution in [3.8, 4) is 0 Å². The molecule has 0 aliphatic heterocycles. The van der Waals surface area contributed by atoms with E-state index in [1.165, 1.54) is 24.5 Å². The first-order valence-corrected chi connectivity index (χ1v) is 12.8. The van der Waals surface area contributed by atoms with E-state index in [-0.39, 0.29) is 46.8 Å². The molecule has 184 valence electrons. The lowest BCUT2D eigenvalue weighted by Crippen LogP contribution is -2.24. The first-order valence-electron chi connectivity index (χ1n) is 11.2. The Hall–Kier alpha value is -2.50. The third kappa shape index (κ3) is 5.42. The first kappa shape index (κ1) is 24.6. The van der Waals surface area contributed by atoms with E-state index in [0.717, 1.165) is 0 Å². The molecule has 0 radical (unpaired) electrons. The van der Waals surface area contributed by atoms with Gasteiger partial charge < -0.3 is 15.5 Å². The second-order valence-electron chi connectivity index (χ2n) is 8.99. The Morgan fingerprint density at radius 3 is 2.26 bits per heavy atom. The summed E-state index contributed by atoms with van der Waals surface area (Å²) < 4.78 is 52.5. The zero-order chi connectivity index (χ0) is 24.5. The van der Waals surface area contributed by atoms with Crippen LogP contribution in [0.2, 0.25) is 0 Å². The average molecular weight is 496 g/mol. The van der Waals surface area contributed by atoms with Crippen LogP contribution in [0.3, 0.4) is 0 Å². The smallest absolute Gasteiger partial charge is 0.233 e. The van der Waals surface area contributed by atoms with E-state index in [2.05, 4.69) is 15.3 Å². The molecule has 4 rings (SSSR count). The van der Waals surface area contributed by atoms with Gasteiger partial charge in [0.15, 0.2) is 15.7 Å². The number of hydrogen-bond acceptors (Lipinski definition) is 7. The van der Waals surface area contributed by atoms with E-state index in [4.69, 9.17) is 5.11 Å². The van der Waals surface area contributed by atoms with Crippen molar-refractivity contribution in [1.29, 1.82) is 0 Å². The van der Waals surface area contributed by atoms with Crippen molar-refractivity contribution in [2.75, 3.05) is 11.9 Å². The predicted molar refractivity (Wildman–Crippen MR) is 119 cm³/mol. The molecule has 3 N–H and O–H groups in total. The largest absolute Gasteiger partial charge is 0.393 e. The highest BCUT2D eigenvalue weighted by molar-refractivity contribution is 7.92. The molecule has 1 aromatic heterocycles. The number of aliphatic hydroxyl groups excluding tert-OH is 2. The van der Waals surface area contributed by atoms with Crippen molar-refractivity contribution >= 4 is 21.6 Å². The molecule has 0 spiro atoms. The number of carbonyl (C=O) groups is 1. The molecule has 8 nitrogen and oxygen atoms in total. The summed E-state index contributed by atoms with van der Waals surface area (Å²) in [5.41, 5.74) is 0.670. The van der Waals surface area contributed by atoms with E-state index >= 15 is 0 Å². The Morgan fingerprint density at radius 2 is 1.74 bits per heavy atom. The highest BCUT2D eigenvalue weighted by atomic mass is 32.2. The zero-order valence-electron chi connectivity index (χ0n) is 18.3. The van der Waals surface area contributed by atoms with Crippen LogP contribution in [0.4, 0.5) is 14.6 Å². The summed E-state index contributed by atoms with van der Waals surface area (Å²) in [5.74, 6) is -1.50. The van der Waals surface area contributed by atoms with Crippen LogP contribution in [-0.2, 0) is 14.6 Å². The second-order valence-corrected chi connectivity index (χ2v) is 11.2. The number of aliphatic hydroxyl groups is 2. The third-order valence-electron chi connectivity index (χ3n) is 6.41. The number of sulfone groups is 1. The zero-order valence-corrected chi connectivity index (χ0v) is 19.2. The van der Waals surface area contributed by atoms with Gasteiger partial charge in [-0.25, -0.2) is 22.2 Å². The molecule has 2 aliphatic carbocycles. The molecular formula is C23H27F2N3O5S. The average Bonchev–Trinajstić information content (AvgIpc) is 3.64. The highest BCUT2D eigenvalue weighted by Crippen LogP contribution is 2.39. The molecule has 2 saturated carbocycles. The molecule has 1 aromatic carbocycles. The standard InChI is InChI=1S/C23H27F2N3O5S/c24-18-8-13(9-19(18)25)7-17(14-1-3-15(4-2-14)34(32,33)16-5-6-16)23(31)28-22-11-26-20(10-27-22)21(30)12-29/h1-4,10-11,13,16-19,21,29-30H,5-9,12H2,(H,27,28,31)/t13?,17-,18-,19+,21-/m0/s1. The van der Waals surface area contributed by atoms with Gasteiger partial charge in [0.2, 0.25) is 5.91 Å². The van der Waals surface area contributed by atoms with Crippen molar-refractivity contribution < 1.29 is 32.2 Å². The number of rotatable bonds is 9. The monoisotopic (exact) mass is 495 g/mol. The molecule has 2 aromatic rings. The number of hydrogen-bond donors (Lipinski definition) is 3. The van der Waals surface area contributed by atoms with Gasteiger partial charge in [-0.15, -0.1) is 0 Å². The van der Waals surface area contributed by atoms with Crippen LogP contribution in [0.1, 0.15) is 55.4 Å². The van der Waals surface area contributed by atoms with Gasteiger partial charge in [-0.05, 0) is 55.7 Å². The fourth-order valence-corrected chi connectivity index (χ4v) is 5.95. The molecule has 1 amide bonds. The predicted octanol–water partition coefficient (Wildman–Crippen LogP) is 2.64. The summed E-state index contributed by atoms with van der Waals surface area (Å²) in [6.07, 6.45) is -0.343. The number of anilines is 1. The minimum Gasteiger partial charge on any atom is -0.393 e. The van der Waals surface area contributed by atoms with Crippen molar-refractivity contribution in [2.45, 2.75) is 66.6 Å². The molecule has 1 unspecified atom stereocenters. The second kappa shape index (κ2) is 10.0. The normalized spacial score (nSPS) is 24.5. The van der Waals surface area contributed by atoms with Gasteiger partial charge in [0.05, 0.1) is 40.8 Å². The number of amides is 1. The summed E-state index contributed by atoms with van der Waals surface area (Å²) in [4.78, 5) is 21.3. The Morgan fingerprint density at radius 1 is 1.09 bits per heavy atom. The van der Waals surface area contributed by atoms with Gasteiger partial charge in [-0.3, -0.25) is 9.78 Å². The van der Waals surface area contributed by atoms with Crippen molar-refractivity contribution in [3.63, 3.8) is 0 Å². The fourth-order valence-electron chi connectivity index (χ4n) is 4.29. The molecule has 0 bridgehead atoms. The molecule has 0 saturated heterocycles. The molecule has 2 aliphatic rings. The Kier molecular flexibility index (Phi) is 7.25. The number of aromatic nitrogens is 2. The SMILES string of the molecule is O=C(Nc1cnc([C@@H](O)CO)cn1)[C@@H](CC1C[C@@H](F)[C@@H](F)C1)c1ccc(S(=O)(=O)C2CC2)cc1. The van der Waals surface area contributed by atoms with Gasteiger partial charge in [0, 0.05) is 0 Å². The molecule has 5 atom stereocenters. The molecule has 2 fully saturated rings. The summed E-state index contributed by atoms with van der Waals surface area (Å²) >= 11 is 0. The van der Waals surface area contributed by atoms with Crippen molar-refractivity contribution in [1.82, 2.24) is 9.97 Å². The number of nitrogens with zero attached hydrogens (tertiary/aromatic N) is 2. The highest BCUT2D eigenvalue weighted by Gasteiger charge is 2.38. The summed E-state index contributed by atoms with van der Waals surface area (Å²) in [7, 11) is -3.38. The van der Waals surface area contributed by atoms with E-state index in [1.54, 1.807) is 12.1 Å². The quantitative estimate of drug-likeness (QED) is 0.488. The molecule has 1 heterocycles. The van der Waals surface area contributed by atoms with Crippen molar-refractivity contribution in [2.24, 2.45) is 5.92 Å². The van der Waals surface area contributed by atoms with Crippen LogP contribution in [0.25, 0.3) is 0 Å². The van der Waals surface area contributed by atoms with E-state index in [1.807, 2.05) is 0 Å². The Bertz CT molecular complexity index is 1100. The number of nitrogens with one attached hydrogen (secondary N) is 1. The number of halogens is 2. The number of benzene rings is 1. The van der Waals surface area contributed by atoms with Gasteiger partial charge in [0.1, 0.15) is 18.4 Å². The Balaban J connectivity index is 1.54. The maximum Gasteiger partial charge on any atom is 0.233 e. The minimum absolute atomic E-state index is 0.0205. The van der Waals surface area contributed by atoms with Crippen LogP contribution < -0.4 is 5.32 Å². The lowest BCUT2D eigenvalue weighted by atomic mass is 9.87. The summed E-state index contributed by atoms with van der Waals surface area (Å²) in [6, 6.07) is 6.08. The van der Waals surface area contributed by atoms with E-state index in [0.29, 0.717) is 18.4 Å². The Labute approximate surface area is 196 Å². The number of alkyl halides is 2. The van der Waals surface area contributed by atoms with Gasteiger partial charge in [0.25, 0.3) is 0 Å². The van der Waals surface area contributed by atoms with Crippen LogP contribution in [0, 0.1) is 5.92 Å². The van der Waals surface area contributed by atoms with Crippen LogP contribution in [0.5, 0.6) is 0 Å². The van der Waals surface area contributed by atoms with Gasteiger partial charge in [-0.2, -0.15) is 0 Å². The van der Waals surface area contributed by atoms with E-state index in [9.17, 15) is 27.1 Å². The third-order valence-corrected chi connectivity index (χ3v) is 8.68. The molecule has 34 heavy (non-hydrogen) atoms. The maximum absolute atomic E-state index is 13.8. The van der Waals surface area contributed by atoms with Gasteiger partial charge >= 0.3 is 0 Å².